The number of phosphoric ester groups is 1. The summed E-state index contributed by atoms with van der Waals surface area (Å²) in [6, 6.07) is 0. The maximum atomic E-state index is 12.5. The Kier molecular flexibility index (Phi) is 37.3. The molecule has 0 amide bonds. The van der Waals surface area contributed by atoms with Crippen molar-refractivity contribution in [1.29, 1.82) is 0 Å². The lowest BCUT2D eigenvalue weighted by Crippen LogP contribution is -2.27. The second kappa shape index (κ2) is 39.2. The van der Waals surface area contributed by atoms with Crippen molar-refractivity contribution in [2.45, 2.75) is 154 Å². The van der Waals surface area contributed by atoms with Gasteiger partial charge in [0.15, 0.2) is 6.10 Å². The van der Waals surface area contributed by atoms with Crippen LogP contribution in [0.4, 0.5) is 0 Å². The lowest BCUT2D eigenvalue weighted by atomic mass is 10.0. The van der Waals surface area contributed by atoms with Gasteiger partial charge in [0.1, 0.15) is 6.61 Å². The minimum atomic E-state index is -4.32. The molecule has 3 unspecified atom stereocenters. The number of carbonyl (C=O) groups excluding carboxylic acids is 1. The Morgan fingerprint density at radius 3 is 1.79 bits per heavy atom. The number of rotatable bonds is 37. The number of allylic oxidation sites excluding steroid dienone is 12. The summed E-state index contributed by atoms with van der Waals surface area (Å²) in [7, 11) is -4.32. The summed E-state index contributed by atoms with van der Waals surface area (Å²) < 4.78 is 33.0. The van der Waals surface area contributed by atoms with Crippen LogP contribution in [0, 0.1) is 0 Å². The number of phosphoric acid groups is 1. The quantitative estimate of drug-likeness (QED) is 0.0141. The van der Waals surface area contributed by atoms with Gasteiger partial charge in [-0.05, 0) is 57.4 Å². The number of hydrogen-bond acceptors (Lipinski definition) is 8. The SMILES string of the molecule is CCCCCCCCCCCCCCC=COCC(COP(=O)(O)OCCN)OC(=O)CCC=CCC=CCC=CCC=CCC=CC=CC(O)CC. The number of ether oxygens (including phenoxy) is 2. The standard InChI is InChI=1S/C43H74NO8P/c1-3-5-6-7-8-9-10-11-18-21-24-27-30-33-37-49-39-42(40-51-53(47,48)50-38-36-44)52-43(46)35-32-29-26-23-20-17-15-13-12-14-16-19-22-25-28-31-34-41(45)4-2/h12-13,16-17,19-20,25-26,28-29,31,33-34,37,41-42,45H,3-11,14-15,18,21-24,27,30,32,35-36,38-40,44H2,1-2H3,(H,47,48). The number of aliphatic hydroxyl groups is 1. The van der Waals surface area contributed by atoms with E-state index in [0.29, 0.717) is 6.42 Å². The van der Waals surface area contributed by atoms with E-state index >= 15 is 0 Å². The lowest BCUT2D eigenvalue weighted by molar-refractivity contribution is -0.153. The van der Waals surface area contributed by atoms with E-state index in [1.165, 1.54) is 70.6 Å². The molecule has 0 aromatic rings. The van der Waals surface area contributed by atoms with Crippen molar-refractivity contribution in [1.82, 2.24) is 0 Å². The van der Waals surface area contributed by atoms with E-state index in [1.54, 1.807) is 12.3 Å². The predicted molar refractivity (Wildman–Crippen MR) is 220 cm³/mol. The summed E-state index contributed by atoms with van der Waals surface area (Å²) in [4.78, 5) is 22.4. The molecule has 0 rings (SSSR count). The van der Waals surface area contributed by atoms with E-state index in [-0.39, 0.29) is 38.9 Å². The maximum absolute atomic E-state index is 12.5. The minimum Gasteiger partial charge on any atom is -0.498 e. The van der Waals surface area contributed by atoms with E-state index in [0.717, 1.165) is 44.9 Å². The summed E-state index contributed by atoms with van der Waals surface area (Å²) in [6.07, 6.45) is 48.0. The highest BCUT2D eigenvalue weighted by molar-refractivity contribution is 7.47. The number of aliphatic hydroxyl groups excluding tert-OH is 1. The molecule has 0 bridgehead atoms. The van der Waals surface area contributed by atoms with Crippen LogP contribution in [0.1, 0.15) is 142 Å². The van der Waals surface area contributed by atoms with Gasteiger partial charge in [0.05, 0.1) is 25.6 Å². The van der Waals surface area contributed by atoms with Gasteiger partial charge in [-0.15, -0.1) is 0 Å². The average molecular weight is 764 g/mol. The number of esters is 1. The maximum Gasteiger partial charge on any atom is 0.472 e. The number of hydrogen-bond donors (Lipinski definition) is 3. The van der Waals surface area contributed by atoms with E-state index in [2.05, 4.69) is 49.5 Å². The summed E-state index contributed by atoms with van der Waals surface area (Å²) >= 11 is 0. The Morgan fingerprint density at radius 1 is 0.679 bits per heavy atom. The van der Waals surface area contributed by atoms with Crippen LogP contribution in [0.3, 0.4) is 0 Å². The Bertz CT molecular complexity index is 1100. The molecule has 10 heteroatoms. The lowest BCUT2D eigenvalue weighted by Gasteiger charge is -2.19. The average Bonchev–Trinajstić information content (AvgIpc) is 3.15. The van der Waals surface area contributed by atoms with Crippen LogP contribution in [0.15, 0.2) is 85.3 Å². The number of unbranched alkanes of at least 4 members (excludes halogenated alkanes) is 12. The second-order valence-electron chi connectivity index (χ2n) is 13.0. The highest BCUT2D eigenvalue weighted by atomic mass is 31.2. The molecule has 0 aromatic heterocycles. The van der Waals surface area contributed by atoms with E-state index in [9.17, 15) is 19.4 Å². The first-order valence-corrected chi connectivity index (χ1v) is 21.7. The molecule has 3 atom stereocenters. The smallest absolute Gasteiger partial charge is 0.472 e. The third-order valence-corrected chi connectivity index (χ3v) is 9.05. The summed E-state index contributed by atoms with van der Waals surface area (Å²) in [5.74, 6) is -0.447. The first-order valence-electron chi connectivity index (χ1n) is 20.2. The Balaban J connectivity index is 4.30. The third kappa shape index (κ3) is 39.0. The highest BCUT2D eigenvalue weighted by Crippen LogP contribution is 2.43. The fourth-order valence-electron chi connectivity index (χ4n) is 4.94. The fourth-order valence-corrected chi connectivity index (χ4v) is 5.70. The Hall–Kier alpha value is -2.52. The molecule has 0 aliphatic rings. The summed E-state index contributed by atoms with van der Waals surface area (Å²) in [5.41, 5.74) is 5.34. The second-order valence-corrected chi connectivity index (χ2v) is 14.5. The van der Waals surface area contributed by atoms with Crippen LogP contribution >= 0.6 is 7.82 Å². The fraction of sp³-hybridized carbons (Fsp3) is 0.651. The Morgan fingerprint density at radius 2 is 1.23 bits per heavy atom. The van der Waals surface area contributed by atoms with Crippen LogP contribution in [-0.4, -0.2) is 54.5 Å². The van der Waals surface area contributed by atoms with Crippen molar-refractivity contribution in [3.63, 3.8) is 0 Å². The molecule has 0 saturated heterocycles. The molecule has 0 aliphatic heterocycles. The van der Waals surface area contributed by atoms with Gasteiger partial charge in [-0.2, -0.15) is 0 Å². The molecular weight excluding hydrogens is 689 g/mol. The number of carbonyl (C=O) groups is 1. The molecule has 0 aliphatic carbocycles. The van der Waals surface area contributed by atoms with E-state index in [1.807, 2.05) is 37.3 Å². The molecule has 0 aromatic carbocycles. The molecule has 0 radical (unpaired) electrons. The normalized spacial score (nSPS) is 15.0. The van der Waals surface area contributed by atoms with Gasteiger partial charge in [-0.3, -0.25) is 13.8 Å². The topological polar surface area (TPSA) is 138 Å². The van der Waals surface area contributed by atoms with Crippen molar-refractivity contribution >= 4 is 13.8 Å². The monoisotopic (exact) mass is 764 g/mol. The van der Waals surface area contributed by atoms with Crippen LogP contribution < -0.4 is 5.73 Å². The van der Waals surface area contributed by atoms with Crippen molar-refractivity contribution in [3.05, 3.63) is 85.3 Å². The molecule has 304 valence electrons. The van der Waals surface area contributed by atoms with Crippen LogP contribution in [-0.2, 0) is 27.9 Å². The van der Waals surface area contributed by atoms with E-state index < -0.39 is 19.9 Å². The van der Waals surface area contributed by atoms with Crippen LogP contribution in [0.5, 0.6) is 0 Å². The summed E-state index contributed by atoms with van der Waals surface area (Å²) in [5, 5.41) is 9.46. The zero-order valence-electron chi connectivity index (χ0n) is 33.1. The van der Waals surface area contributed by atoms with Gasteiger partial charge >= 0.3 is 13.8 Å². The predicted octanol–water partition coefficient (Wildman–Crippen LogP) is 11.1. The van der Waals surface area contributed by atoms with Crippen LogP contribution in [0.25, 0.3) is 0 Å². The Labute approximate surface area is 322 Å². The molecule has 9 nitrogen and oxygen atoms in total. The van der Waals surface area contributed by atoms with E-state index in [4.69, 9.17) is 24.3 Å². The van der Waals surface area contributed by atoms with Crippen molar-refractivity contribution in [3.8, 4) is 0 Å². The first-order chi connectivity index (χ1) is 25.8. The third-order valence-electron chi connectivity index (χ3n) is 8.06. The van der Waals surface area contributed by atoms with Crippen molar-refractivity contribution < 1.29 is 37.9 Å². The molecule has 0 spiro atoms. The largest absolute Gasteiger partial charge is 0.498 e. The van der Waals surface area contributed by atoms with Gasteiger partial charge in [-0.1, -0.05) is 157 Å². The molecular formula is C43H74NO8P. The van der Waals surface area contributed by atoms with Gasteiger partial charge in [-0.25, -0.2) is 4.57 Å². The molecule has 0 heterocycles. The first kappa shape index (κ1) is 50.5. The zero-order chi connectivity index (χ0) is 38.9. The number of nitrogens with two attached hydrogens (primary N) is 1. The molecule has 0 fully saturated rings. The molecule has 0 saturated carbocycles. The van der Waals surface area contributed by atoms with Crippen LogP contribution in [0.2, 0.25) is 0 Å². The van der Waals surface area contributed by atoms with Gasteiger partial charge in [0, 0.05) is 13.0 Å². The van der Waals surface area contributed by atoms with Gasteiger partial charge in [0.2, 0.25) is 0 Å². The van der Waals surface area contributed by atoms with Gasteiger partial charge < -0.3 is 25.2 Å². The van der Waals surface area contributed by atoms with Gasteiger partial charge in [0.25, 0.3) is 0 Å². The summed E-state index contributed by atoms with van der Waals surface area (Å²) in [6.45, 7) is 3.79. The van der Waals surface area contributed by atoms with Crippen molar-refractivity contribution in [2.75, 3.05) is 26.4 Å². The molecule has 53 heavy (non-hydrogen) atoms. The molecule has 4 N–H and O–H groups in total. The highest BCUT2D eigenvalue weighted by Gasteiger charge is 2.25. The zero-order valence-corrected chi connectivity index (χ0v) is 34.0. The minimum absolute atomic E-state index is 0.0102. The van der Waals surface area contributed by atoms with Crippen molar-refractivity contribution in [2.24, 2.45) is 5.73 Å².